The van der Waals surface area contributed by atoms with Crippen LogP contribution >= 0.6 is 11.8 Å². The van der Waals surface area contributed by atoms with E-state index in [0.717, 1.165) is 22.6 Å². The molecule has 0 unspecified atom stereocenters. The number of nitrogens with zero attached hydrogens (tertiary/aromatic N) is 4. The summed E-state index contributed by atoms with van der Waals surface area (Å²) in [6.45, 7) is 6.39. The highest BCUT2D eigenvalue weighted by Gasteiger charge is 2.19. The molecule has 0 aliphatic carbocycles. The molecule has 0 saturated carbocycles. The van der Waals surface area contributed by atoms with Gasteiger partial charge in [0.05, 0.1) is 5.75 Å². The Balaban J connectivity index is 1.67. The van der Waals surface area contributed by atoms with Gasteiger partial charge in [0.15, 0.2) is 11.0 Å². The van der Waals surface area contributed by atoms with E-state index in [9.17, 15) is 4.79 Å². The molecule has 1 amide bonds. The molecule has 0 aliphatic heterocycles. The Morgan fingerprint density at radius 2 is 1.93 bits per heavy atom. The van der Waals surface area contributed by atoms with Crippen molar-refractivity contribution in [2.75, 3.05) is 11.1 Å². The van der Waals surface area contributed by atoms with Gasteiger partial charge in [-0.1, -0.05) is 50.7 Å². The van der Waals surface area contributed by atoms with Gasteiger partial charge in [0.1, 0.15) is 0 Å². The monoisotopic (exact) mass is 381 g/mol. The lowest BCUT2D eigenvalue weighted by Crippen LogP contribution is -2.20. The first kappa shape index (κ1) is 19.1. The highest BCUT2D eigenvalue weighted by molar-refractivity contribution is 7.99. The smallest absolute Gasteiger partial charge is 0.234 e. The maximum absolute atomic E-state index is 12.5. The highest BCUT2D eigenvalue weighted by Crippen LogP contribution is 2.29. The largest absolute Gasteiger partial charge is 0.325 e. The second-order valence-electron chi connectivity index (χ2n) is 7.24. The molecule has 0 radical (unpaired) electrons. The third kappa shape index (κ3) is 4.54. The zero-order valence-corrected chi connectivity index (χ0v) is 16.7. The van der Waals surface area contributed by atoms with E-state index in [2.05, 4.69) is 41.3 Å². The van der Waals surface area contributed by atoms with Crippen molar-refractivity contribution < 1.29 is 4.79 Å². The van der Waals surface area contributed by atoms with Crippen LogP contribution in [0.2, 0.25) is 0 Å². The molecular formula is C20H23N5OS. The minimum absolute atomic E-state index is 0.0424. The number of hydrogen-bond acceptors (Lipinski definition) is 5. The fourth-order valence-corrected chi connectivity index (χ4v) is 3.46. The maximum atomic E-state index is 12.5. The second kappa shape index (κ2) is 7.92. The lowest BCUT2D eigenvalue weighted by atomic mass is 9.86. The minimum atomic E-state index is -0.0670. The lowest BCUT2D eigenvalue weighted by Gasteiger charge is -2.22. The molecule has 0 saturated heterocycles. The summed E-state index contributed by atoms with van der Waals surface area (Å²) in [5.74, 6) is 0.920. The Kier molecular flexibility index (Phi) is 5.60. The fourth-order valence-electron chi connectivity index (χ4n) is 2.75. The molecule has 27 heavy (non-hydrogen) atoms. The van der Waals surface area contributed by atoms with Gasteiger partial charge in [0.25, 0.3) is 0 Å². The normalized spacial score (nSPS) is 11.4. The molecule has 1 aromatic carbocycles. The quantitative estimate of drug-likeness (QED) is 0.679. The van der Waals surface area contributed by atoms with Crippen LogP contribution in [0.4, 0.5) is 5.69 Å². The molecule has 3 rings (SSSR count). The van der Waals surface area contributed by atoms with Crippen LogP contribution in [0.1, 0.15) is 26.3 Å². The van der Waals surface area contributed by atoms with Crippen molar-refractivity contribution in [3.63, 3.8) is 0 Å². The summed E-state index contributed by atoms with van der Waals surface area (Å²) in [5.41, 5.74) is 2.81. The van der Waals surface area contributed by atoms with Gasteiger partial charge < -0.3 is 9.88 Å². The van der Waals surface area contributed by atoms with Gasteiger partial charge in [-0.05, 0) is 29.2 Å². The first-order chi connectivity index (χ1) is 12.9. The van der Waals surface area contributed by atoms with E-state index >= 15 is 0 Å². The van der Waals surface area contributed by atoms with Crippen LogP contribution in [0.25, 0.3) is 11.4 Å². The third-order valence-electron chi connectivity index (χ3n) is 4.10. The first-order valence-electron chi connectivity index (χ1n) is 8.68. The van der Waals surface area contributed by atoms with E-state index in [4.69, 9.17) is 0 Å². The van der Waals surface area contributed by atoms with E-state index < -0.39 is 0 Å². The molecule has 6 nitrogen and oxygen atoms in total. The minimum Gasteiger partial charge on any atom is -0.325 e. The summed E-state index contributed by atoms with van der Waals surface area (Å²) in [5, 5.41) is 12.1. The number of nitrogens with one attached hydrogen (secondary N) is 1. The number of benzene rings is 1. The molecule has 0 atom stereocenters. The summed E-state index contributed by atoms with van der Waals surface area (Å²) in [7, 11) is 1.89. The number of carbonyl (C=O) groups is 1. The SMILES string of the molecule is Cn1c(SCC(=O)Nc2ccccc2C(C)(C)C)nnc1-c1cccnc1. The van der Waals surface area contributed by atoms with Gasteiger partial charge >= 0.3 is 0 Å². The van der Waals surface area contributed by atoms with Gasteiger partial charge in [-0.2, -0.15) is 0 Å². The molecular weight excluding hydrogens is 358 g/mol. The number of carbonyl (C=O) groups excluding carboxylic acids is 1. The zero-order valence-electron chi connectivity index (χ0n) is 15.9. The van der Waals surface area contributed by atoms with Crippen LogP contribution < -0.4 is 5.32 Å². The van der Waals surface area contributed by atoms with Crippen LogP contribution in [0.15, 0.2) is 53.9 Å². The van der Waals surface area contributed by atoms with Crippen molar-refractivity contribution in [3.05, 3.63) is 54.4 Å². The Hall–Kier alpha value is -2.67. The summed E-state index contributed by atoms with van der Waals surface area (Å²) in [4.78, 5) is 16.6. The average molecular weight is 382 g/mol. The molecule has 2 aromatic heterocycles. The van der Waals surface area contributed by atoms with Crippen LogP contribution in [0, 0.1) is 0 Å². The van der Waals surface area contributed by atoms with Crippen LogP contribution in [-0.4, -0.2) is 31.4 Å². The Morgan fingerprint density at radius 3 is 2.63 bits per heavy atom. The van der Waals surface area contributed by atoms with Crippen LogP contribution in [0.5, 0.6) is 0 Å². The van der Waals surface area contributed by atoms with E-state index in [0.29, 0.717) is 5.16 Å². The molecule has 0 aliphatic rings. The molecule has 3 aromatic rings. The molecule has 7 heteroatoms. The summed E-state index contributed by atoms with van der Waals surface area (Å²) < 4.78 is 1.87. The number of pyridine rings is 1. The van der Waals surface area contributed by atoms with Crippen molar-refractivity contribution in [3.8, 4) is 11.4 Å². The van der Waals surface area contributed by atoms with Crippen molar-refractivity contribution in [2.24, 2.45) is 7.05 Å². The molecule has 2 heterocycles. The number of aromatic nitrogens is 4. The number of hydrogen-bond donors (Lipinski definition) is 1. The van der Waals surface area contributed by atoms with Crippen molar-refractivity contribution in [1.29, 1.82) is 0 Å². The summed E-state index contributed by atoms with van der Waals surface area (Å²) in [6, 6.07) is 11.7. The topological polar surface area (TPSA) is 72.7 Å². The second-order valence-corrected chi connectivity index (χ2v) is 8.18. The van der Waals surface area contributed by atoms with Crippen molar-refractivity contribution in [1.82, 2.24) is 19.7 Å². The Bertz CT molecular complexity index is 931. The number of rotatable bonds is 5. The summed E-state index contributed by atoms with van der Waals surface area (Å²) in [6.07, 6.45) is 3.46. The van der Waals surface area contributed by atoms with Gasteiger partial charge in [-0.3, -0.25) is 9.78 Å². The van der Waals surface area contributed by atoms with Gasteiger partial charge in [0, 0.05) is 30.7 Å². The van der Waals surface area contributed by atoms with E-state index in [1.807, 2.05) is 48.0 Å². The van der Waals surface area contributed by atoms with Gasteiger partial charge in [-0.15, -0.1) is 10.2 Å². The van der Waals surface area contributed by atoms with Crippen LogP contribution in [-0.2, 0) is 17.3 Å². The Morgan fingerprint density at radius 1 is 1.15 bits per heavy atom. The fraction of sp³-hybridized carbons (Fsp3) is 0.300. The van der Waals surface area contributed by atoms with E-state index in [1.165, 1.54) is 11.8 Å². The molecule has 0 spiro atoms. The highest BCUT2D eigenvalue weighted by atomic mass is 32.2. The number of para-hydroxylation sites is 1. The van der Waals surface area contributed by atoms with Gasteiger partial charge in [0.2, 0.25) is 5.91 Å². The Labute approximate surface area is 163 Å². The maximum Gasteiger partial charge on any atom is 0.234 e. The third-order valence-corrected chi connectivity index (χ3v) is 5.12. The van der Waals surface area contributed by atoms with Crippen molar-refractivity contribution >= 4 is 23.4 Å². The molecule has 0 fully saturated rings. The lowest BCUT2D eigenvalue weighted by molar-refractivity contribution is -0.113. The zero-order chi connectivity index (χ0) is 19.4. The average Bonchev–Trinajstić information content (AvgIpc) is 3.01. The predicted octanol–water partition coefficient (Wildman–Crippen LogP) is 3.91. The first-order valence-corrected chi connectivity index (χ1v) is 9.67. The number of thioether (sulfide) groups is 1. The van der Waals surface area contributed by atoms with Crippen LogP contribution in [0.3, 0.4) is 0 Å². The van der Waals surface area contributed by atoms with Crippen molar-refractivity contribution in [2.45, 2.75) is 31.3 Å². The standard InChI is InChI=1S/C20H23N5OS/c1-20(2,3)15-9-5-6-10-16(15)22-17(26)13-27-19-24-23-18(25(19)4)14-8-7-11-21-12-14/h5-12H,13H2,1-4H3,(H,22,26). The van der Waals surface area contributed by atoms with Gasteiger partial charge in [-0.25, -0.2) is 0 Å². The molecule has 1 N–H and O–H groups in total. The number of amides is 1. The number of anilines is 1. The van der Waals surface area contributed by atoms with E-state index in [1.54, 1.807) is 12.4 Å². The predicted molar refractivity (Wildman–Crippen MR) is 109 cm³/mol. The molecule has 140 valence electrons. The summed E-state index contributed by atoms with van der Waals surface area (Å²) >= 11 is 1.36. The molecule has 0 bridgehead atoms. The van der Waals surface area contributed by atoms with E-state index in [-0.39, 0.29) is 17.1 Å².